The van der Waals surface area contributed by atoms with Gasteiger partial charge in [-0.15, -0.1) is 0 Å². The summed E-state index contributed by atoms with van der Waals surface area (Å²) >= 11 is 0. The van der Waals surface area contributed by atoms with Gasteiger partial charge in [-0.25, -0.2) is 0 Å². The molecule has 1 atom stereocenters. The molecule has 0 aromatic heterocycles. The van der Waals surface area contributed by atoms with Crippen LogP contribution in [0.25, 0.3) is 0 Å². The lowest BCUT2D eigenvalue weighted by Crippen LogP contribution is -2.37. The maximum absolute atomic E-state index is 12.2. The van der Waals surface area contributed by atoms with Gasteiger partial charge in [0.15, 0.2) is 5.78 Å². The fourth-order valence-corrected chi connectivity index (χ4v) is 3.84. The van der Waals surface area contributed by atoms with Crippen molar-refractivity contribution in [3.05, 3.63) is 66.2 Å². The molecule has 0 radical (unpaired) electrons. The smallest absolute Gasteiger partial charge is 0.254 e. The van der Waals surface area contributed by atoms with Crippen molar-refractivity contribution >= 4 is 46.5 Å². The third kappa shape index (κ3) is 10.3. The van der Waals surface area contributed by atoms with Crippen LogP contribution in [0.4, 0.5) is 17.1 Å². The van der Waals surface area contributed by atoms with Crippen molar-refractivity contribution in [1.82, 2.24) is 10.2 Å². The van der Waals surface area contributed by atoms with E-state index in [1.807, 2.05) is 6.92 Å². The number of imide groups is 1. The van der Waals surface area contributed by atoms with Crippen molar-refractivity contribution in [2.75, 3.05) is 18.4 Å². The molecule has 1 heterocycles. The molecule has 0 bridgehead atoms. The molecule has 1 aliphatic heterocycles. The lowest BCUT2D eigenvalue weighted by atomic mass is 10.1. The van der Waals surface area contributed by atoms with E-state index >= 15 is 0 Å². The summed E-state index contributed by atoms with van der Waals surface area (Å²) in [6, 6.07) is 13.8. The highest BCUT2D eigenvalue weighted by Gasteiger charge is 2.25. The molecular formula is C29H34N6O5. The van der Waals surface area contributed by atoms with E-state index in [0.717, 1.165) is 48.3 Å². The zero-order valence-electron chi connectivity index (χ0n) is 22.5. The van der Waals surface area contributed by atoms with E-state index in [1.54, 1.807) is 48.5 Å². The number of benzene rings is 2. The third-order valence-electron chi connectivity index (χ3n) is 6.02. The Hall–Kier alpha value is -4.51. The fourth-order valence-electron chi connectivity index (χ4n) is 3.84. The summed E-state index contributed by atoms with van der Waals surface area (Å²) in [5.74, 6) is -1.73. The topological polar surface area (TPSA) is 163 Å². The molecule has 0 saturated heterocycles. The van der Waals surface area contributed by atoms with Crippen LogP contribution in [0.15, 0.2) is 70.9 Å². The highest BCUT2D eigenvalue weighted by atomic mass is 16.2. The lowest BCUT2D eigenvalue weighted by molar-refractivity contribution is -0.139. The predicted molar refractivity (Wildman–Crippen MR) is 150 cm³/mol. The van der Waals surface area contributed by atoms with Crippen molar-refractivity contribution < 1.29 is 24.0 Å². The van der Waals surface area contributed by atoms with Gasteiger partial charge in [0.2, 0.25) is 11.8 Å². The average Bonchev–Trinajstić information content (AvgIpc) is 3.24. The molecule has 0 spiro atoms. The Balaban J connectivity index is 1.38. The SMILES string of the molecule is C[C@@H](N)CCCCCC(=O)NCC(=O)Cc1ccc(N=Nc2ccc(NC(=O)CN3C(=O)C=CC3=O)cc2)cc1. The number of amides is 4. The first kappa shape index (κ1) is 30.0. The number of nitrogens with zero attached hydrogens (tertiary/aromatic N) is 3. The highest BCUT2D eigenvalue weighted by molar-refractivity contribution is 6.15. The number of azo groups is 1. The second kappa shape index (κ2) is 15.2. The Kier molecular flexibility index (Phi) is 11.4. The van der Waals surface area contributed by atoms with Crippen LogP contribution < -0.4 is 16.4 Å². The van der Waals surface area contributed by atoms with Crippen LogP contribution in [0.5, 0.6) is 0 Å². The van der Waals surface area contributed by atoms with Crippen LogP contribution in [0.1, 0.15) is 44.6 Å². The molecule has 2 aromatic rings. The monoisotopic (exact) mass is 546 g/mol. The molecule has 11 nitrogen and oxygen atoms in total. The summed E-state index contributed by atoms with van der Waals surface area (Å²) in [5, 5.41) is 13.7. The van der Waals surface area contributed by atoms with Gasteiger partial charge in [-0.05, 0) is 61.7 Å². The molecule has 210 valence electrons. The number of hydrogen-bond donors (Lipinski definition) is 3. The minimum absolute atomic E-state index is 0.00227. The van der Waals surface area contributed by atoms with Gasteiger partial charge >= 0.3 is 0 Å². The van der Waals surface area contributed by atoms with Crippen LogP contribution in [0.2, 0.25) is 0 Å². The van der Waals surface area contributed by atoms with Crippen LogP contribution in [0.3, 0.4) is 0 Å². The first-order chi connectivity index (χ1) is 19.2. The summed E-state index contributed by atoms with van der Waals surface area (Å²) < 4.78 is 0. The second-order valence-corrected chi connectivity index (χ2v) is 9.63. The van der Waals surface area contributed by atoms with Gasteiger partial charge in [0, 0.05) is 36.7 Å². The summed E-state index contributed by atoms with van der Waals surface area (Å²) in [6.45, 7) is 1.61. The van der Waals surface area contributed by atoms with Gasteiger partial charge < -0.3 is 16.4 Å². The molecule has 4 amide bonds. The van der Waals surface area contributed by atoms with E-state index < -0.39 is 17.7 Å². The van der Waals surface area contributed by atoms with Gasteiger partial charge in [-0.2, -0.15) is 10.2 Å². The molecule has 0 fully saturated rings. The molecule has 0 unspecified atom stereocenters. The number of rotatable bonds is 15. The zero-order valence-corrected chi connectivity index (χ0v) is 22.5. The number of unbranched alkanes of at least 4 members (excludes halogenated alkanes) is 2. The van der Waals surface area contributed by atoms with E-state index in [9.17, 15) is 24.0 Å². The van der Waals surface area contributed by atoms with Crippen molar-refractivity contribution in [3.63, 3.8) is 0 Å². The van der Waals surface area contributed by atoms with Gasteiger partial charge in [-0.3, -0.25) is 28.9 Å². The number of Topliss-reactive ketones (excluding diaryl/α,β-unsaturated/α-hetero) is 1. The number of anilines is 1. The molecule has 2 aromatic carbocycles. The Morgan fingerprint density at radius 1 is 0.850 bits per heavy atom. The van der Waals surface area contributed by atoms with Gasteiger partial charge in [0.05, 0.1) is 17.9 Å². The third-order valence-corrected chi connectivity index (χ3v) is 6.02. The molecule has 11 heteroatoms. The first-order valence-electron chi connectivity index (χ1n) is 13.2. The number of nitrogens with two attached hydrogens (primary N) is 1. The summed E-state index contributed by atoms with van der Waals surface area (Å²) in [5.41, 5.74) is 8.15. The maximum atomic E-state index is 12.2. The number of ketones is 1. The van der Waals surface area contributed by atoms with E-state index in [0.29, 0.717) is 23.5 Å². The Morgan fingerprint density at radius 3 is 2.05 bits per heavy atom. The zero-order chi connectivity index (χ0) is 28.9. The van der Waals surface area contributed by atoms with Gasteiger partial charge in [0.1, 0.15) is 6.54 Å². The second-order valence-electron chi connectivity index (χ2n) is 9.63. The van der Waals surface area contributed by atoms with Crippen molar-refractivity contribution in [2.24, 2.45) is 16.0 Å². The van der Waals surface area contributed by atoms with E-state index in [4.69, 9.17) is 5.73 Å². The first-order valence-corrected chi connectivity index (χ1v) is 13.2. The number of nitrogens with one attached hydrogen (secondary N) is 2. The minimum Gasteiger partial charge on any atom is -0.349 e. The standard InChI is InChI=1S/C29H34N6O5/c1-20(30)5-3-2-4-6-26(37)31-18-25(36)17-21-7-9-23(10-8-21)33-34-24-13-11-22(12-14-24)32-27(38)19-35-28(39)15-16-29(35)40/h7-16,20H,2-6,17-19,30H2,1H3,(H,31,37)(H,32,38)/t20-/m1/s1. The molecule has 4 N–H and O–H groups in total. The highest BCUT2D eigenvalue weighted by Crippen LogP contribution is 2.21. The summed E-state index contributed by atoms with van der Waals surface area (Å²) in [4.78, 5) is 60.3. The van der Waals surface area contributed by atoms with E-state index in [1.165, 1.54) is 0 Å². The maximum Gasteiger partial charge on any atom is 0.254 e. The molecule has 3 rings (SSSR count). The molecular weight excluding hydrogens is 512 g/mol. The largest absolute Gasteiger partial charge is 0.349 e. The minimum atomic E-state index is -0.519. The van der Waals surface area contributed by atoms with Crippen molar-refractivity contribution in [1.29, 1.82) is 0 Å². The molecule has 40 heavy (non-hydrogen) atoms. The summed E-state index contributed by atoms with van der Waals surface area (Å²) in [6.07, 6.45) is 6.54. The Bertz CT molecular complexity index is 1250. The Labute approximate surface area is 232 Å². The van der Waals surface area contributed by atoms with Gasteiger partial charge in [0.25, 0.3) is 11.8 Å². The van der Waals surface area contributed by atoms with Crippen LogP contribution in [0, 0.1) is 0 Å². The normalized spacial score (nSPS) is 13.6. The lowest BCUT2D eigenvalue weighted by Gasteiger charge is -2.13. The average molecular weight is 547 g/mol. The van der Waals surface area contributed by atoms with Gasteiger partial charge in [-0.1, -0.05) is 25.0 Å². The number of carbonyl (C=O) groups is 5. The number of hydrogen-bond acceptors (Lipinski definition) is 8. The van der Waals surface area contributed by atoms with Crippen LogP contribution in [-0.4, -0.2) is 53.4 Å². The van der Waals surface area contributed by atoms with E-state index in [2.05, 4.69) is 20.9 Å². The van der Waals surface area contributed by atoms with Crippen LogP contribution >= 0.6 is 0 Å². The molecule has 0 aliphatic carbocycles. The Morgan fingerprint density at radius 2 is 1.45 bits per heavy atom. The van der Waals surface area contributed by atoms with Crippen LogP contribution in [-0.2, 0) is 30.4 Å². The molecule has 1 aliphatic rings. The van der Waals surface area contributed by atoms with Crippen molar-refractivity contribution in [3.8, 4) is 0 Å². The van der Waals surface area contributed by atoms with E-state index in [-0.39, 0.29) is 37.2 Å². The summed E-state index contributed by atoms with van der Waals surface area (Å²) in [7, 11) is 0. The fraction of sp³-hybridized carbons (Fsp3) is 0.345. The molecule has 0 saturated carbocycles. The predicted octanol–water partition coefficient (Wildman–Crippen LogP) is 3.49. The quantitative estimate of drug-likeness (QED) is 0.176. The van der Waals surface area contributed by atoms with Crippen molar-refractivity contribution in [2.45, 2.75) is 51.5 Å². The number of carbonyl (C=O) groups excluding carboxylic acids is 5.